The van der Waals surface area contributed by atoms with Crippen molar-refractivity contribution in [3.05, 3.63) is 22.8 Å². The van der Waals surface area contributed by atoms with Crippen molar-refractivity contribution in [2.24, 2.45) is 5.10 Å². The van der Waals surface area contributed by atoms with Crippen molar-refractivity contribution < 1.29 is 0 Å². The fraction of sp³-hybridized carbons (Fsp3) is 0. The van der Waals surface area contributed by atoms with Crippen LogP contribution in [0, 0.1) is 33.4 Å². The Labute approximate surface area is 134 Å². The molecule has 0 heterocycles. The maximum atomic E-state index is 8.54. The molecule has 0 saturated heterocycles. The first kappa shape index (κ1) is 13.9. The van der Waals surface area contributed by atoms with Crippen molar-refractivity contribution in [2.45, 2.75) is 0 Å². The zero-order chi connectivity index (χ0) is 12.1. The van der Waals surface area contributed by atoms with Crippen LogP contribution in [0.5, 0.6) is 0 Å². The molecule has 7 heteroatoms. The molecule has 1 N–H and O–H groups in total. The SMILES string of the molecule is N#CC(C#N)=NNc1c(I)cc(I)cc1I. The largest absolute Gasteiger partial charge is 0.274 e. The van der Waals surface area contributed by atoms with Gasteiger partial charge in [0.05, 0.1) is 5.69 Å². The molecule has 4 nitrogen and oxygen atoms in total. The van der Waals surface area contributed by atoms with Gasteiger partial charge in [-0.05, 0) is 79.9 Å². The van der Waals surface area contributed by atoms with Gasteiger partial charge in [-0.2, -0.15) is 15.6 Å². The Morgan fingerprint density at radius 1 is 1.12 bits per heavy atom. The monoisotopic (exact) mass is 548 g/mol. The number of nitriles is 2. The predicted molar refractivity (Wildman–Crippen MR) is 86.9 cm³/mol. The second-order valence-electron chi connectivity index (χ2n) is 2.54. The second-order valence-corrected chi connectivity index (χ2v) is 6.11. The molecule has 1 aromatic carbocycles. The Balaban J connectivity index is 3.05. The van der Waals surface area contributed by atoms with Gasteiger partial charge in [0.1, 0.15) is 12.1 Å². The first-order chi connectivity index (χ1) is 7.58. The van der Waals surface area contributed by atoms with Crippen LogP contribution in [0.2, 0.25) is 0 Å². The van der Waals surface area contributed by atoms with E-state index in [4.69, 9.17) is 10.5 Å². The van der Waals surface area contributed by atoms with E-state index in [9.17, 15) is 0 Å². The van der Waals surface area contributed by atoms with Gasteiger partial charge in [0.2, 0.25) is 5.71 Å². The van der Waals surface area contributed by atoms with E-state index in [0.717, 1.165) is 16.4 Å². The maximum Gasteiger partial charge on any atom is 0.237 e. The maximum absolute atomic E-state index is 8.54. The average molecular weight is 548 g/mol. The number of hydrazone groups is 1. The number of benzene rings is 1. The number of anilines is 1. The quantitative estimate of drug-likeness (QED) is 0.351. The van der Waals surface area contributed by atoms with Crippen LogP contribution in [0.25, 0.3) is 0 Å². The van der Waals surface area contributed by atoms with Gasteiger partial charge in [0.25, 0.3) is 0 Å². The average Bonchev–Trinajstić information content (AvgIpc) is 2.22. The zero-order valence-corrected chi connectivity index (χ0v) is 14.1. The fourth-order valence-corrected chi connectivity index (χ4v) is 4.66. The molecule has 0 bridgehead atoms. The van der Waals surface area contributed by atoms with Crippen molar-refractivity contribution in [3.63, 3.8) is 0 Å². The van der Waals surface area contributed by atoms with E-state index in [1.165, 1.54) is 0 Å². The van der Waals surface area contributed by atoms with Gasteiger partial charge < -0.3 is 0 Å². The van der Waals surface area contributed by atoms with Crippen molar-refractivity contribution in [1.82, 2.24) is 0 Å². The lowest BCUT2D eigenvalue weighted by Gasteiger charge is -2.06. The Morgan fingerprint density at radius 2 is 1.62 bits per heavy atom. The molecule has 0 amide bonds. The minimum absolute atomic E-state index is 0.190. The minimum Gasteiger partial charge on any atom is -0.274 e. The van der Waals surface area contributed by atoms with Crippen molar-refractivity contribution >= 4 is 79.2 Å². The molecule has 1 rings (SSSR count). The highest BCUT2D eigenvalue weighted by molar-refractivity contribution is 14.1. The molecular formula is C9H3I3N4. The van der Waals surface area contributed by atoms with Gasteiger partial charge in [-0.3, -0.25) is 5.43 Å². The summed E-state index contributed by atoms with van der Waals surface area (Å²) in [6.45, 7) is 0. The summed E-state index contributed by atoms with van der Waals surface area (Å²) in [6.07, 6.45) is 0. The van der Waals surface area contributed by atoms with Crippen LogP contribution in [0.4, 0.5) is 5.69 Å². The molecule has 0 aliphatic heterocycles. The summed E-state index contributed by atoms with van der Waals surface area (Å²) < 4.78 is 3.11. The van der Waals surface area contributed by atoms with Crippen LogP contribution in [0.3, 0.4) is 0 Å². The highest BCUT2D eigenvalue weighted by Crippen LogP contribution is 2.27. The lowest BCUT2D eigenvalue weighted by atomic mass is 10.3. The Kier molecular flexibility index (Phi) is 5.71. The molecule has 0 fully saturated rings. The zero-order valence-electron chi connectivity index (χ0n) is 7.63. The number of nitrogens with one attached hydrogen (secondary N) is 1. The van der Waals surface area contributed by atoms with Crippen LogP contribution < -0.4 is 5.43 Å². The number of nitrogens with zero attached hydrogens (tertiary/aromatic N) is 3. The Hall–Kier alpha value is -0.140. The summed E-state index contributed by atoms with van der Waals surface area (Å²) in [4.78, 5) is 0. The third-order valence-corrected chi connectivity index (χ3v) is 3.82. The highest BCUT2D eigenvalue weighted by atomic mass is 127. The lowest BCUT2D eigenvalue weighted by Crippen LogP contribution is -2.00. The van der Waals surface area contributed by atoms with Gasteiger partial charge in [0, 0.05) is 10.7 Å². The van der Waals surface area contributed by atoms with E-state index in [-0.39, 0.29) is 5.71 Å². The third kappa shape index (κ3) is 3.71. The molecule has 1 aromatic rings. The van der Waals surface area contributed by atoms with Crippen LogP contribution in [-0.2, 0) is 0 Å². The summed E-state index contributed by atoms with van der Waals surface area (Å²) in [5.41, 5.74) is 3.36. The van der Waals surface area contributed by atoms with Gasteiger partial charge in [-0.15, -0.1) is 0 Å². The second kappa shape index (κ2) is 6.56. The van der Waals surface area contributed by atoms with E-state index >= 15 is 0 Å². The van der Waals surface area contributed by atoms with Gasteiger partial charge in [-0.25, -0.2) is 0 Å². The summed E-state index contributed by atoms with van der Waals surface area (Å²) in [5.74, 6) is 0. The van der Waals surface area contributed by atoms with Crippen molar-refractivity contribution in [2.75, 3.05) is 5.43 Å². The molecule has 0 spiro atoms. The standard InChI is InChI=1S/C9H3I3N4/c10-5-1-7(11)9(8(12)2-5)16-15-6(3-13)4-14/h1-2,16H. The van der Waals surface area contributed by atoms with E-state index in [0.29, 0.717) is 0 Å². The van der Waals surface area contributed by atoms with Crippen LogP contribution in [-0.4, -0.2) is 5.71 Å². The summed E-state index contributed by atoms with van der Waals surface area (Å²) in [5, 5.41) is 20.8. The molecule has 0 aliphatic rings. The summed E-state index contributed by atoms with van der Waals surface area (Å²) in [6, 6.07) is 7.36. The first-order valence-electron chi connectivity index (χ1n) is 3.87. The molecule has 16 heavy (non-hydrogen) atoms. The van der Waals surface area contributed by atoms with Crippen LogP contribution in [0.15, 0.2) is 17.2 Å². The number of halogens is 3. The van der Waals surface area contributed by atoms with E-state index < -0.39 is 0 Å². The van der Waals surface area contributed by atoms with Gasteiger partial charge >= 0.3 is 0 Å². The lowest BCUT2D eigenvalue weighted by molar-refractivity contribution is 1.31. The molecule has 0 atom stereocenters. The van der Waals surface area contributed by atoms with Crippen molar-refractivity contribution in [1.29, 1.82) is 10.5 Å². The van der Waals surface area contributed by atoms with E-state index in [1.54, 1.807) is 12.1 Å². The Bertz CT molecular complexity index is 486. The first-order valence-corrected chi connectivity index (χ1v) is 7.10. The molecule has 80 valence electrons. The summed E-state index contributed by atoms with van der Waals surface area (Å²) >= 11 is 6.58. The van der Waals surface area contributed by atoms with Gasteiger partial charge in [-0.1, -0.05) is 0 Å². The number of hydrogen-bond donors (Lipinski definition) is 1. The predicted octanol–water partition coefficient (Wildman–Crippen LogP) is 3.32. The third-order valence-electron chi connectivity index (χ3n) is 1.50. The molecule has 0 aromatic heterocycles. The normalized spacial score (nSPS) is 8.81. The smallest absolute Gasteiger partial charge is 0.237 e. The number of rotatable bonds is 2. The topological polar surface area (TPSA) is 72.0 Å². The van der Waals surface area contributed by atoms with Crippen LogP contribution in [0.1, 0.15) is 0 Å². The molecule has 0 unspecified atom stereocenters. The van der Waals surface area contributed by atoms with E-state index in [2.05, 4.69) is 78.3 Å². The number of hydrogen-bond acceptors (Lipinski definition) is 4. The fourth-order valence-electron chi connectivity index (χ4n) is 0.836. The molecule has 0 saturated carbocycles. The van der Waals surface area contributed by atoms with E-state index in [1.807, 2.05) is 12.1 Å². The molecule has 0 aliphatic carbocycles. The summed E-state index contributed by atoms with van der Waals surface area (Å²) in [7, 11) is 0. The molecular weight excluding hydrogens is 545 g/mol. The van der Waals surface area contributed by atoms with Crippen LogP contribution >= 0.6 is 67.8 Å². The van der Waals surface area contributed by atoms with Crippen molar-refractivity contribution in [3.8, 4) is 12.1 Å². The van der Waals surface area contributed by atoms with Gasteiger partial charge in [0.15, 0.2) is 0 Å². The molecule has 0 radical (unpaired) electrons. The minimum atomic E-state index is -0.190. The Morgan fingerprint density at radius 3 is 2.06 bits per heavy atom. The highest BCUT2D eigenvalue weighted by Gasteiger charge is 2.06.